The number of pyridine rings is 1. The minimum atomic E-state index is -0.998. The molecule has 0 saturated carbocycles. The van der Waals surface area contributed by atoms with E-state index >= 15 is 0 Å². The van der Waals surface area contributed by atoms with Crippen molar-refractivity contribution < 1.29 is 23.8 Å². The Morgan fingerprint density at radius 1 is 1.24 bits per heavy atom. The van der Waals surface area contributed by atoms with Crippen molar-refractivity contribution in [2.75, 3.05) is 38.3 Å². The van der Waals surface area contributed by atoms with Crippen LogP contribution in [0.15, 0.2) is 42.6 Å². The third-order valence-electron chi connectivity index (χ3n) is 5.76. The Bertz CT molecular complexity index is 938. The topological polar surface area (TPSA) is 83.0 Å². The Morgan fingerprint density at radius 3 is 2.79 bits per heavy atom. The number of halogens is 1. The molecule has 152 valence electrons. The first-order valence-electron chi connectivity index (χ1n) is 9.46. The van der Waals surface area contributed by atoms with Crippen LogP contribution in [-0.2, 0) is 9.53 Å². The van der Waals surface area contributed by atoms with Crippen LogP contribution >= 0.6 is 0 Å². The molecule has 4 rings (SSSR count). The lowest BCUT2D eigenvalue weighted by Gasteiger charge is -2.30. The molecule has 2 fully saturated rings. The Morgan fingerprint density at radius 2 is 2.07 bits per heavy atom. The van der Waals surface area contributed by atoms with Crippen molar-refractivity contribution in [3.8, 4) is 0 Å². The summed E-state index contributed by atoms with van der Waals surface area (Å²) in [5.74, 6) is -0.578. The van der Waals surface area contributed by atoms with E-state index in [0.29, 0.717) is 25.5 Å². The zero-order valence-corrected chi connectivity index (χ0v) is 16.0. The van der Waals surface area contributed by atoms with Crippen molar-refractivity contribution in [1.29, 1.82) is 0 Å². The van der Waals surface area contributed by atoms with Crippen molar-refractivity contribution >= 4 is 17.7 Å². The molecule has 3 atom stereocenters. The molecule has 0 spiro atoms. The zero-order valence-electron chi connectivity index (χ0n) is 16.0. The van der Waals surface area contributed by atoms with Gasteiger partial charge in [0.25, 0.3) is 0 Å². The van der Waals surface area contributed by atoms with Gasteiger partial charge in [0, 0.05) is 44.8 Å². The molecule has 2 aliphatic heterocycles. The SMILES string of the molecule is COCC(=O)N1C[C@H]2CN(c3cc(C(=O)O)ccn3)C[C@H]2[C@@H]1c1cccc(F)c1. The van der Waals surface area contributed by atoms with Gasteiger partial charge in [-0.3, -0.25) is 4.79 Å². The van der Waals surface area contributed by atoms with Gasteiger partial charge in [0.2, 0.25) is 5.91 Å². The van der Waals surface area contributed by atoms with E-state index in [1.54, 1.807) is 17.0 Å². The number of aromatic carboxylic acids is 1. The number of likely N-dealkylation sites (tertiary alicyclic amines) is 1. The minimum Gasteiger partial charge on any atom is -0.478 e. The molecule has 2 saturated heterocycles. The molecule has 2 aliphatic rings. The molecule has 0 aliphatic carbocycles. The van der Waals surface area contributed by atoms with E-state index in [4.69, 9.17) is 4.74 Å². The van der Waals surface area contributed by atoms with Gasteiger partial charge < -0.3 is 19.6 Å². The fraction of sp³-hybridized carbons (Fsp3) is 0.381. The Kier molecular flexibility index (Phi) is 5.19. The van der Waals surface area contributed by atoms with Gasteiger partial charge in [-0.2, -0.15) is 0 Å². The Labute approximate surface area is 167 Å². The second-order valence-corrected chi connectivity index (χ2v) is 7.52. The molecule has 0 unspecified atom stereocenters. The summed E-state index contributed by atoms with van der Waals surface area (Å²) in [5, 5.41) is 9.24. The summed E-state index contributed by atoms with van der Waals surface area (Å²) in [7, 11) is 1.48. The first kappa shape index (κ1) is 19.3. The number of hydrogen-bond donors (Lipinski definition) is 1. The van der Waals surface area contributed by atoms with Crippen molar-refractivity contribution in [3.05, 3.63) is 59.5 Å². The molecule has 7 nitrogen and oxygen atoms in total. The number of hydrogen-bond acceptors (Lipinski definition) is 5. The smallest absolute Gasteiger partial charge is 0.335 e. The maximum atomic E-state index is 13.9. The summed E-state index contributed by atoms with van der Waals surface area (Å²) in [6.07, 6.45) is 1.49. The van der Waals surface area contributed by atoms with E-state index in [0.717, 1.165) is 5.56 Å². The van der Waals surface area contributed by atoms with E-state index in [1.165, 1.54) is 31.5 Å². The maximum Gasteiger partial charge on any atom is 0.335 e. The Hall–Kier alpha value is -3.00. The number of benzene rings is 1. The van der Waals surface area contributed by atoms with Gasteiger partial charge in [0.15, 0.2) is 0 Å². The van der Waals surface area contributed by atoms with Gasteiger partial charge in [-0.25, -0.2) is 14.2 Å². The van der Waals surface area contributed by atoms with Gasteiger partial charge in [-0.15, -0.1) is 0 Å². The lowest BCUT2D eigenvalue weighted by molar-refractivity contribution is -0.136. The lowest BCUT2D eigenvalue weighted by atomic mass is 9.89. The number of nitrogens with zero attached hydrogens (tertiary/aromatic N) is 3. The molecule has 8 heteroatoms. The van der Waals surface area contributed by atoms with Crippen LogP contribution in [-0.4, -0.2) is 60.2 Å². The molecule has 29 heavy (non-hydrogen) atoms. The molecular formula is C21H22FN3O4. The normalized spacial score (nSPS) is 23.3. The number of anilines is 1. The highest BCUT2D eigenvalue weighted by Gasteiger charge is 2.49. The highest BCUT2D eigenvalue weighted by molar-refractivity contribution is 5.88. The van der Waals surface area contributed by atoms with E-state index in [-0.39, 0.29) is 41.8 Å². The van der Waals surface area contributed by atoms with Crippen LogP contribution in [0.4, 0.5) is 10.2 Å². The van der Waals surface area contributed by atoms with Crippen molar-refractivity contribution in [3.63, 3.8) is 0 Å². The summed E-state index contributed by atoms with van der Waals surface area (Å²) in [6, 6.07) is 9.13. The summed E-state index contributed by atoms with van der Waals surface area (Å²) >= 11 is 0. The third kappa shape index (κ3) is 3.67. The summed E-state index contributed by atoms with van der Waals surface area (Å²) in [6.45, 7) is 1.79. The zero-order chi connectivity index (χ0) is 20.5. The van der Waals surface area contributed by atoms with Gasteiger partial charge in [0.05, 0.1) is 11.6 Å². The van der Waals surface area contributed by atoms with E-state index in [2.05, 4.69) is 4.98 Å². The number of carbonyl (C=O) groups excluding carboxylic acids is 1. The second kappa shape index (κ2) is 7.79. The van der Waals surface area contributed by atoms with E-state index in [9.17, 15) is 19.1 Å². The summed E-state index contributed by atoms with van der Waals surface area (Å²) in [5.41, 5.74) is 0.946. The average Bonchev–Trinajstić information content (AvgIpc) is 3.26. The van der Waals surface area contributed by atoms with E-state index in [1.807, 2.05) is 11.0 Å². The first-order valence-corrected chi connectivity index (χ1v) is 9.46. The molecule has 0 radical (unpaired) electrons. The molecule has 1 amide bonds. The summed E-state index contributed by atoms with van der Waals surface area (Å²) in [4.78, 5) is 32.1. The molecular weight excluding hydrogens is 377 g/mol. The number of methoxy groups -OCH3 is 1. The van der Waals surface area contributed by atoms with Gasteiger partial charge >= 0.3 is 5.97 Å². The highest BCUT2D eigenvalue weighted by Crippen LogP contribution is 2.45. The number of amides is 1. The molecule has 1 N–H and O–H groups in total. The van der Waals surface area contributed by atoms with Crippen LogP contribution in [0.1, 0.15) is 22.0 Å². The average molecular weight is 399 g/mol. The summed E-state index contributed by atoms with van der Waals surface area (Å²) < 4.78 is 18.9. The molecule has 2 aromatic rings. The minimum absolute atomic E-state index is 0.0167. The predicted octanol–water partition coefficient (Wildman–Crippen LogP) is 2.20. The molecule has 1 aromatic carbocycles. The van der Waals surface area contributed by atoms with E-state index < -0.39 is 5.97 Å². The number of ether oxygens (including phenoxy) is 1. The van der Waals surface area contributed by atoms with Crippen molar-refractivity contribution in [1.82, 2.24) is 9.88 Å². The van der Waals surface area contributed by atoms with Crippen LogP contribution in [0, 0.1) is 17.7 Å². The standard InChI is InChI=1S/C21H22FN3O4/c1-29-12-19(26)25-10-15-9-24(18-8-14(21(27)28)5-6-23-18)11-17(15)20(25)13-3-2-4-16(22)7-13/h2-8,15,17,20H,9-12H2,1H3,(H,27,28)/t15-,17-,20+/m1/s1. The number of carbonyl (C=O) groups is 2. The third-order valence-corrected chi connectivity index (χ3v) is 5.76. The number of aromatic nitrogens is 1. The van der Waals surface area contributed by atoms with Crippen LogP contribution in [0.3, 0.4) is 0 Å². The monoisotopic (exact) mass is 399 g/mol. The van der Waals surface area contributed by atoms with Crippen molar-refractivity contribution in [2.45, 2.75) is 6.04 Å². The van der Waals surface area contributed by atoms with Crippen molar-refractivity contribution in [2.24, 2.45) is 11.8 Å². The second-order valence-electron chi connectivity index (χ2n) is 7.52. The largest absolute Gasteiger partial charge is 0.478 e. The maximum absolute atomic E-state index is 13.9. The van der Waals surface area contributed by atoms with Crippen LogP contribution < -0.4 is 4.90 Å². The first-order chi connectivity index (χ1) is 14.0. The van der Waals surface area contributed by atoms with Gasteiger partial charge in [-0.05, 0) is 29.8 Å². The quantitative estimate of drug-likeness (QED) is 0.830. The Balaban J connectivity index is 1.63. The predicted molar refractivity (Wildman–Crippen MR) is 103 cm³/mol. The lowest BCUT2D eigenvalue weighted by Crippen LogP contribution is -2.37. The molecule has 0 bridgehead atoms. The number of rotatable bonds is 5. The fourth-order valence-electron chi connectivity index (χ4n) is 4.54. The fourth-order valence-corrected chi connectivity index (χ4v) is 4.54. The number of carboxylic acids is 1. The highest BCUT2D eigenvalue weighted by atomic mass is 19.1. The van der Waals surface area contributed by atoms with Crippen LogP contribution in [0.5, 0.6) is 0 Å². The molecule has 1 aromatic heterocycles. The van der Waals surface area contributed by atoms with Crippen LogP contribution in [0.2, 0.25) is 0 Å². The molecule has 3 heterocycles. The number of fused-ring (bicyclic) bond motifs is 1. The number of carboxylic acid groups (broad SMARTS) is 1. The van der Waals surface area contributed by atoms with Crippen LogP contribution in [0.25, 0.3) is 0 Å². The van der Waals surface area contributed by atoms with Gasteiger partial charge in [0.1, 0.15) is 18.2 Å². The van der Waals surface area contributed by atoms with Gasteiger partial charge in [-0.1, -0.05) is 12.1 Å².